The molecular formula is C9H11N3O. The number of hydrogen-bond acceptors (Lipinski definition) is 3. The number of phenols is 1. The minimum Gasteiger partial charge on any atom is -0.508 e. The lowest BCUT2D eigenvalue weighted by Gasteiger charge is -1.99. The Labute approximate surface area is 75.6 Å². The van der Waals surface area contributed by atoms with Crippen LogP contribution in [0.5, 0.6) is 5.75 Å². The highest BCUT2D eigenvalue weighted by Crippen LogP contribution is 2.18. The number of benzene rings is 1. The van der Waals surface area contributed by atoms with Crippen LogP contribution in [0.25, 0.3) is 10.9 Å². The van der Waals surface area contributed by atoms with Gasteiger partial charge in [0.15, 0.2) is 0 Å². The number of nitrogens with zero attached hydrogens (tertiary/aromatic N) is 2. The molecule has 0 spiro atoms. The van der Waals surface area contributed by atoms with E-state index in [-0.39, 0.29) is 5.75 Å². The van der Waals surface area contributed by atoms with Gasteiger partial charge in [0, 0.05) is 11.9 Å². The van der Waals surface area contributed by atoms with Gasteiger partial charge in [-0.1, -0.05) is 0 Å². The van der Waals surface area contributed by atoms with E-state index >= 15 is 0 Å². The number of phenolic OH excluding ortho intramolecular Hbond substituents is 1. The average Bonchev–Trinajstić information content (AvgIpc) is 2.49. The largest absolute Gasteiger partial charge is 0.508 e. The normalized spacial score (nSPS) is 10.8. The van der Waals surface area contributed by atoms with Gasteiger partial charge in [0.05, 0.1) is 18.3 Å². The van der Waals surface area contributed by atoms with Gasteiger partial charge in [-0.3, -0.25) is 4.68 Å². The first-order chi connectivity index (χ1) is 6.31. The Morgan fingerprint density at radius 2 is 2.31 bits per heavy atom. The molecule has 13 heavy (non-hydrogen) atoms. The number of rotatable bonds is 2. The van der Waals surface area contributed by atoms with Crippen LogP contribution in [0.4, 0.5) is 0 Å². The molecule has 0 atom stereocenters. The second kappa shape index (κ2) is 3.06. The maximum Gasteiger partial charge on any atom is 0.116 e. The van der Waals surface area contributed by atoms with Crippen LogP contribution in [0.15, 0.2) is 24.4 Å². The molecule has 0 fully saturated rings. The third-order valence-corrected chi connectivity index (χ3v) is 1.97. The summed E-state index contributed by atoms with van der Waals surface area (Å²) in [4.78, 5) is 0. The van der Waals surface area contributed by atoms with Gasteiger partial charge in [-0.05, 0) is 18.2 Å². The molecule has 0 saturated heterocycles. The van der Waals surface area contributed by atoms with Crippen molar-refractivity contribution in [3.05, 3.63) is 24.4 Å². The molecule has 1 heterocycles. The fourth-order valence-electron chi connectivity index (χ4n) is 1.37. The third kappa shape index (κ3) is 1.36. The van der Waals surface area contributed by atoms with Crippen molar-refractivity contribution >= 4 is 10.9 Å². The Morgan fingerprint density at radius 1 is 1.46 bits per heavy atom. The smallest absolute Gasteiger partial charge is 0.116 e. The van der Waals surface area contributed by atoms with Crippen LogP contribution in [0.3, 0.4) is 0 Å². The van der Waals surface area contributed by atoms with Crippen molar-refractivity contribution in [2.24, 2.45) is 5.73 Å². The minimum absolute atomic E-state index is 0.264. The summed E-state index contributed by atoms with van der Waals surface area (Å²) in [5.74, 6) is 0.264. The molecule has 4 heteroatoms. The standard InChI is InChI=1S/C9H11N3O/c10-3-4-12-9-2-1-8(13)5-7(9)6-11-12/h1-2,5-6,13H,3-4,10H2. The van der Waals surface area contributed by atoms with E-state index in [1.54, 1.807) is 18.3 Å². The molecule has 0 bridgehead atoms. The van der Waals surface area contributed by atoms with E-state index in [0.717, 1.165) is 10.9 Å². The Kier molecular flexibility index (Phi) is 1.90. The molecule has 0 aliphatic carbocycles. The summed E-state index contributed by atoms with van der Waals surface area (Å²) < 4.78 is 1.83. The van der Waals surface area contributed by atoms with Crippen molar-refractivity contribution in [1.29, 1.82) is 0 Å². The van der Waals surface area contributed by atoms with Crippen molar-refractivity contribution < 1.29 is 5.11 Å². The fraction of sp³-hybridized carbons (Fsp3) is 0.222. The predicted octanol–water partition coefficient (Wildman–Crippen LogP) is 0.701. The van der Waals surface area contributed by atoms with Crippen LogP contribution in [-0.4, -0.2) is 21.4 Å². The van der Waals surface area contributed by atoms with Gasteiger partial charge in [-0.2, -0.15) is 5.10 Å². The van der Waals surface area contributed by atoms with Gasteiger partial charge in [-0.25, -0.2) is 0 Å². The zero-order chi connectivity index (χ0) is 9.26. The topological polar surface area (TPSA) is 64.1 Å². The van der Waals surface area contributed by atoms with Crippen LogP contribution in [0.2, 0.25) is 0 Å². The van der Waals surface area contributed by atoms with Gasteiger partial charge >= 0.3 is 0 Å². The van der Waals surface area contributed by atoms with Crippen molar-refractivity contribution in [3.63, 3.8) is 0 Å². The molecule has 3 N–H and O–H groups in total. The Morgan fingerprint density at radius 3 is 3.08 bits per heavy atom. The van der Waals surface area contributed by atoms with E-state index in [0.29, 0.717) is 13.1 Å². The van der Waals surface area contributed by atoms with Gasteiger partial charge in [-0.15, -0.1) is 0 Å². The SMILES string of the molecule is NCCn1ncc2cc(O)ccc21. The maximum atomic E-state index is 9.21. The zero-order valence-corrected chi connectivity index (χ0v) is 7.14. The first-order valence-corrected chi connectivity index (χ1v) is 4.16. The van der Waals surface area contributed by atoms with Crippen LogP contribution in [0.1, 0.15) is 0 Å². The van der Waals surface area contributed by atoms with Gasteiger partial charge in [0.25, 0.3) is 0 Å². The summed E-state index contributed by atoms with van der Waals surface area (Å²) >= 11 is 0. The molecule has 0 radical (unpaired) electrons. The Bertz CT molecular complexity index is 422. The molecule has 0 aliphatic rings. The summed E-state index contributed by atoms with van der Waals surface area (Å²) in [5, 5.41) is 14.3. The van der Waals surface area contributed by atoms with Crippen LogP contribution in [0, 0.1) is 0 Å². The minimum atomic E-state index is 0.264. The highest BCUT2D eigenvalue weighted by Gasteiger charge is 2.01. The summed E-state index contributed by atoms with van der Waals surface area (Å²) in [5.41, 5.74) is 6.43. The summed E-state index contributed by atoms with van der Waals surface area (Å²) in [6.45, 7) is 1.27. The number of nitrogens with two attached hydrogens (primary N) is 1. The van der Waals surface area contributed by atoms with Crippen LogP contribution < -0.4 is 5.73 Å². The summed E-state index contributed by atoms with van der Waals surface area (Å²) in [6, 6.07) is 5.18. The van der Waals surface area contributed by atoms with E-state index in [4.69, 9.17) is 5.73 Å². The molecule has 1 aromatic carbocycles. The fourth-order valence-corrected chi connectivity index (χ4v) is 1.37. The lowest BCUT2D eigenvalue weighted by atomic mass is 10.2. The summed E-state index contributed by atoms with van der Waals surface area (Å²) in [7, 11) is 0. The van der Waals surface area contributed by atoms with Crippen LogP contribution >= 0.6 is 0 Å². The average molecular weight is 177 g/mol. The van der Waals surface area contributed by atoms with E-state index < -0.39 is 0 Å². The zero-order valence-electron chi connectivity index (χ0n) is 7.14. The van der Waals surface area contributed by atoms with E-state index in [9.17, 15) is 5.11 Å². The molecule has 68 valence electrons. The second-order valence-corrected chi connectivity index (χ2v) is 2.90. The van der Waals surface area contributed by atoms with E-state index in [1.807, 2.05) is 10.7 Å². The molecular weight excluding hydrogens is 166 g/mol. The molecule has 0 amide bonds. The molecule has 0 saturated carbocycles. The predicted molar refractivity (Wildman–Crippen MR) is 50.5 cm³/mol. The first kappa shape index (κ1) is 8.07. The van der Waals surface area contributed by atoms with Crippen molar-refractivity contribution in [1.82, 2.24) is 9.78 Å². The summed E-state index contributed by atoms with van der Waals surface area (Å²) in [6.07, 6.45) is 1.73. The lowest BCUT2D eigenvalue weighted by molar-refractivity contribution is 0.476. The molecule has 2 rings (SSSR count). The Balaban J connectivity index is 2.55. The molecule has 2 aromatic rings. The van der Waals surface area contributed by atoms with Gasteiger partial charge in [0.2, 0.25) is 0 Å². The van der Waals surface area contributed by atoms with E-state index in [1.165, 1.54) is 0 Å². The van der Waals surface area contributed by atoms with Crippen molar-refractivity contribution in [2.75, 3.05) is 6.54 Å². The lowest BCUT2D eigenvalue weighted by Crippen LogP contribution is -2.10. The second-order valence-electron chi connectivity index (χ2n) is 2.90. The number of aromatic hydroxyl groups is 1. The molecule has 4 nitrogen and oxygen atoms in total. The van der Waals surface area contributed by atoms with Gasteiger partial charge < -0.3 is 10.8 Å². The molecule has 0 aliphatic heterocycles. The first-order valence-electron chi connectivity index (χ1n) is 4.16. The number of hydrogen-bond donors (Lipinski definition) is 2. The van der Waals surface area contributed by atoms with Crippen molar-refractivity contribution in [3.8, 4) is 5.75 Å². The molecule has 0 unspecified atom stereocenters. The highest BCUT2D eigenvalue weighted by molar-refractivity contribution is 5.80. The number of fused-ring (bicyclic) bond motifs is 1. The van der Waals surface area contributed by atoms with Crippen LogP contribution in [-0.2, 0) is 6.54 Å². The van der Waals surface area contributed by atoms with E-state index in [2.05, 4.69) is 5.10 Å². The Hall–Kier alpha value is -1.55. The van der Waals surface area contributed by atoms with Gasteiger partial charge in [0.1, 0.15) is 5.75 Å². The highest BCUT2D eigenvalue weighted by atomic mass is 16.3. The monoisotopic (exact) mass is 177 g/mol. The molecule has 1 aromatic heterocycles. The quantitative estimate of drug-likeness (QED) is 0.709. The van der Waals surface area contributed by atoms with Crippen molar-refractivity contribution in [2.45, 2.75) is 6.54 Å². The third-order valence-electron chi connectivity index (χ3n) is 1.97. The number of aromatic nitrogens is 2. The maximum absolute atomic E-state index is 9.21.